The summed E-state index contributed by atoms with van der Waals surface area (Å²) in [6.07, 6.45) is 0.650. The summed E-state index contributed by atoms with van der Waals surface area (Å²) >= 11 is 13.0. The van der Waals surface area contributed by atoms with Crippen molar-refractivity contribution in [3.8, 4) is 0 Å². The van der Waals surface area contributed by atoms with Gasteiger partial charge in [0.1, 0.15) is 18.9 Å². The Kier molecular flexibility index (Phi) is 13.4. The molecule has 286 valence electrons. The van der Waals surface area contributed by atoms with Crippen molar-refractivity contribution in [1.29, 1.82) is 0 Å². The maximum absolute atomic E-state index is 14.4. The highest BCUT2D eigenvalue weighted by Crippen LogP contribution is 2.40. The zero-order chi connectivity index (χ0) is 38.3. The van der Waals surface area contributed by atoms with E-state index in [0.717, 1.165) is 22.2 Å². The highest BCUT2D eigenvalue weighted by molar-refractivity contribution is 6.38. The number of aryl methyl sites for hydroxylation is 1. The first-order valence-corrected chi connectivity index (χ1v) is 18.9. The number of hydrogen-bond donors (Lipinski definition) is 5. The lowest BCUT2D eigenvalue weighted by Crippen LogP contribution is -2.67. The number of aromatic amines is 1. The standard InChI is InChI=1S/C38H48Cl2N6O7/c1-6-16-51-35(48)32-44-34(53-46-32)30(22(5)8-3)42-36(49)38(15-14-28-26(19-38)25-17-24(39)18-27(40)31(25)41-28)45-33(47)29(21(4)7-2)43-37(50)52-20-23-12-10-9-11-13-23/h9-13,17-18,21-22,29-30,36,41-42,49H,6-8,14-16,19-20H2,1-5H3,(H,43,50)(H,45,47)/t21?,22?,29-,30-,36?,38+/m0/s1. The first kappa shape index (κ1) is 40.0. The van der Waals surface area contributed by atoms with Crippen molar-refractivity contribution in [3.05, 3.63) is 81.0 Å². The summed E-state index contributed by atoms with van der Waals surface area (Å²) in [5, 5.41) is 27.0. The number of hydrogen-bond acceptors (Lipinski definition) is 10. The van der Waals surface area contributed by atoms with Gasteiger partial charge in [0.25, 0.3) is 5.82 Å². The predicted molar refractivity (Wildman–Crippen MR) is 200 cm³/mol. The third kappa shape index (κ3) is 9.32. The third-order valence-electron chi connectivity index (χ3n) is 10.1. The van der Waals surface area contributed by atoms with E-state index in [9.17, 15) is 19.5 Å². The van der Waals surface area contributed by atoms with Gasteiger partial charge in [0, 0.05) is 22.5 Å². The number of ether oxygens (including phenoxy) is 2. The van der Waals surface area contributed by atoms with Gasteiger partial charge in [-0.3, -0.25) is 10.1 Å². The molecule has 0 saturated heterocycles. The number of esters is 1. The number of aromatic nitrogens is 3. The molecule has 15 heteroatoms. The minimum Gasteiger partial charge on any atom is -0.460 e. The molecule has 1 aliphatic carbocycles. The van der Waals surface area contributed by atoms with Crippen LogP contribution in [-0.2, 0) is 33.7 Å². The van der Waals surface area contributed by atoms with Crippen LogP contribution in [0.1, 0.15) is 99.7 Å². The molecule has 53 heavy (non-hydrogen) atoms. The summed E-state index contributed by atoms with van der Waals surface area (Å²) in [7, 11) is 0. The molecular weight excluding hydrogens is 723 g/mol. The van der Waals surface area contributed by atoms with Gasteiger partial charge in [-0.25, -0.2) is 9.59 Å². The predicted octanol–water partition coefficient (Wildman–Crippen LogP) is 6.80. The second kappa shape index (κ2) is 17.8. The SMILES string of the molecule is CCCOC(=O)c1noc([C@@H](NC(O)[C@@]2(NC(=O)[C@@H](NC(=O)OCc3ccccc3)C(C)CC)CCc3[nH]c4c(Cl)cc(Cl)cc4c3C2)C(C)CC)n1. The fourth-order valence-corrected chi connectivity index (χ4v) is 7.11. The van der Waals surface area contributed by atoms with Gasteiger partial charge in [0.15, 0.2) is 0 Å². The summed E-state index contributed by atoms with van der Waals surface area (Å²) in [6, 6.07) is 11.0. The molecule has 1 aliphatic rings. The monoisotopic (exact) mass is 770 g/mol. The van der Waals surface area contributed by atoms with Crippen LogP contribution in [-0.4, -0.2) is 62.6 Å². The van der Waals surface area contributed by atoms with Crippen LogP contribution in [0.2, 0.25) is 10.0 Å². The number of aliphatic hydroxyl groups excluding tert-OH is 1. The molecule has 5 rings (SSSR count). The number of benzene rings is 2. The van der Waals surface area contributed by atoms with Gasteiger partial charge < -0.3 is 34.7 Å². The minimum atomic E-state index is -1.39. The molecule has 6 atom stereocenters. The number of amides is 2. The molecule has 5 N–H and O–H groups in total. The maximum atomic E-state index is 14.4. The van der Waals surface area contributed by atoms with E-state index < -0.39 is 41.8 Å². The number of carbonyl (C=O) groups is 3. The van der Waals surface area contributed by atoms with Crippen LogP contribution in [0.15, 0.2) is 47.0 Å². The van der Waals surface area contributed by atoms with E-state index in [1.165, 1.54) is 0 Å². The average molecular weight is 772 g/mol. The number of carbonyl (C=O) groups excluding carboxylic acids is 3. The van der Waals surface area contributed by atoms with Crippen LogP contribution in [0.25, 0.3) is 10.9 Å². The largest absolute Gasteiger partial charge is 0.460 e. The summed E-state index contributed by atoms with van der Waals surface area (Å²) < 4.78 is 16.2. The second-order valence-corrected chi connectivity index (χ2v) is 14.7. The molecular formula is C38H48Cl2N6O7. The van der Waals surface area contributed by atoms with E-state index in [1.54, 1.807) is 6.07 Å². The Labute approximate surface area is 318 Å². The molecule has 2 aromatic carbocycles. The number of nitrogens with one attached hydrogen (secondary N) is 4. The lowest BCUT2D eigenvalue weighted by molar-refractivity contribution is -0.129. The summed E-state index contributed by atoms with van der Waals surface area (Å²) in [5.74, 6) is -1.78. The van der Waals surface area contributed by atoms with E-state index in [0.29, 0.717) is 47.7 Å². The number of fused-ring (bicyclic) bond motifs is 3. The molecule has 13 nitrogen and oxygen atoms in total. The number of alkyl carbamates (subject to hydrolysis) is 1. The van der Waals surface area contributed by atoms with E-state index in [4.69, 9.17) is 37.2 Å². The Hall–Kier alpha value is -4.17. The van der Waals surface area contributed by atoms with Crippen LogP contribution in [0.5, 0.6) is 0 Å². The van der Waals surface area contributed by atoms with Gasteiger partial charge in [0.05, 0.1) is 28.7 Å². The molecule has 2 heterocycles. The summed E-state index contributed by atoms with van der Waals surface area (Å²) in [4.78, 5) is 47.7. The zero-order valence-electron chi connectivity index (χ0n) is 30.6. The van der Waals surface area contributed by atoms with Crippen molar-refractivity contribution < 1.29 is 33.5 Å². The molecule has 0 spiro atoms. The van der Waals surface area contributed by atoms with Gasteiger partial charge >= 0.3 is 12.1 Å². The Bertz CT molecular complexity index is 1890. The van der Waals surface area contributed by atoms with Crippen LogP contribution < -0.4 is 16.0 Å². The molecule has 0 radical (unpaired) electrons. The zero-order valence-corrected chi connectivity index (χ0v) is 32.1. The minimum absolute atomic E-state index is 0.0350. The third-order valence-corrected chi connectivity index (χ3v) is 10.6. The molecule has 2 amide bonds. The van der Waals surface area contributed by atoms with Gasteiger partial charge in [-0.1, -0.05) is 101 Å². The molecule has 0 aliphatic heterocycles. The van der Waals surface area contributed by atoms with Crippen LogP contribution in [0.4, 0.5) is 4.79 Å². The fourth-order valence-electron chi connectivity index (χ4n) is 6.57. The Morgan fingerprint density at radius 3 is 2.49 bits per heavy atom. The van der Waals surface area contributed by atoms with Crippen molar-refractivity contribution in [3.63, 3.8) is 0 Å². The molecule has 4 aromatic rings. The lowest BCUT2D eigenvalue weighted by atomic mass is 9.77. The number of nitrogens with zero attached hydrogens (tertiary/aromatic N) is 2. The van der Waals surface area contributed by atoms with Crippen molar-refractivity contribution in [2.75, 3.05) is 6.61 Å². The van der Waals surface area contributed by atoms with Crippen LogP contribution in [0, 0.1) is 11.8 Å². The summed E-state index contributed by atoms with van der Waals surface area (Å²) in [5.41, 5.74) is 1.94. The highest BCUT2D eigenvalue weighted by Gasteiger charge is 2.46. The van der Waals surface area contributed by atoms with E-state index in [2.05, 4.69) is 31.1 Å². The van der Waals surface area contributed by atoms with Crippen LogP contribution in [0.3, 0.4) is 0 Å². The van der Waals surface area contributed by atoms with E-state index in [1.807, 2.05) is 71.0 Å². The normalized spacial score (nSPS) is 18.3. The first-order valence-electron chi connectivity index (χ1n) is 18.1. The average Bonchev–Trinajstić information content (AvgIpc) is 3.79. The number of rotatable bonds is 16. The fraction of sp³-hybridized carbons (Fsp3) is 0.500. The second-order valence-electron chi connectivity index (χ2n) is 13.8. The maximum Gasteiger partial charge on any atom is 0.408 e. The highest BCUT2D eigenvalue weighted by atomic mass is 35.5. The van der Waals surface area contributed by atoms with Gasteiger partial charge in [-0.15, -0.1) is 0 Å². The lowest BCUT2D eigenvalue weighted by Gasteiger charge is -2.44. The Balaban J connectivity index is 1.47. The van der Waals surface area contributed by atoms with Crippen molar-refractivity contribution >= 4 is 52.1 Å². The van der Waals surface area contributed by atoms with E-state index in [-0.39, 0.29) is 43.2 Å². The van der Waals surface area contributed by atoms with Gasteiger partial charge in [0.2, 0.25) is 11.8 Å². The number of halogens is 2. The summed E-state index contributed by atoms with van der Waals surface area (Å²) in [6.45, 7) is 9.83. The van der Waals surface area contributed by atoms with Gasteiger partial charge in [-0.2, -0.15) is 4.98 Å². The molecule has 0 saturated carbocycles. The number of aliphatic hydroxyl groups is 1. The Morgan fingerprint density at radius 2 is 1.79 bits per heavy atom. The molecule has 0 fully saturated rings. The van der Waals surface area contributed by atoms with Crippen molar-refractivity contribution in [2.24, 2.45) is 11.8 Å². The topological polar surface area (TPSA) is 181 Å². The van der Waals surface area contributed by atoms with Crippen LogP contribution >= 0.6 is 23.2 Å². The Morgan fingerprint density at radius 1 is 1.06 bits per heavy atom. The first-order chi connectivity index (χ1) is 25.4. The van der Waals surface area contributed by atoms with Crippen molar-refractivity contribution in [2.45, 2.75) is 104 Å². The van der Waals surface area contributed by atoms with Gasteiger partial charge in [-0.05, 0) is 59.5 Å². The molecule has 2 aromatic heterocycles. The van der Waals surface area contributed by atoms with E-state index >= 15 is 0 Å². The number of H-pyrrole nitrogens is 1. The van der Waals surface area contributed by atoms with Crippen molar-refractivity contribution in [1.82, 2.24) is 31.1 Å². The molecule has 3 unspecified atom stereocenters. The smallest absolute Gasteiger partial charge is 0.408 e. The molecule has 0 bridgehead atoms. The quantitative estimate of drug-likeness (QED) is 0.0600.